The van der Waals surface area contributed by atoms with Gasteiger partial charge in [-0.25, -0.2) is 0 Å². The molecule has 0 amide bonds. The molecule has 1 heterocycles. The topological polar surface area (TPSA) is 32.7 Å². The number of benzene rings is 1. The van der Waals surface area contributed by atoms with Crippen LogP contribution in [0.2, 0.25) is 5.02 Å². The molecule has 1 aromatic carbocycles. The van der Waals surface area contributed by atoms with Crippen molar-refractivity contribution in [1.82, 2.24) is 4.90 Å². The Morgan fingerprint density at radius 1 is 1.33 bits per heavy atom. The number of nitrogens with zero attached hydrogens (tertiary/aromatic N) is 1. The lowest BCUT2D eigenvalue weighted by molar-refractivity contribution is -0.0233. The summed E-state index contributed by atoms with van der Waals surface area (Å²) >= 11 is 5.88. The monoisotopic (exact) mass is 311 g/mol. The summed E-state index contributed by atoms with van der Waals surface area (Å²) in [5, 5.41) is 10.9. The Morgan fingerprint density at radius 3 is 2.71 bits per heavy atom. The van der Waals surface area contributed by atoms with Gasteiger partial charge in [0.2, 0.25) is 0 Å². The van der Waals surface area contributed by atoms with Gasteiger partial charge >= 0.3 is 0 Å². The van der Waals surface area contributed by atoms with Gasteiger partial charge in [-0.15, -0.1) is 0 Å². The average Bonchev–Trinajstić information content (AvgIpc) is 2.48. The Balaban J connectivity index is 1.75. The molecule has 1 N–H and O–H groups in total. The highest BCUT2D eigenvalue weighted by Crippen LogP contribution is 2.20. The van der Waals surface area contributed by atoms with E-state index in [-0.39, 0.29) is 6.10 Å². The minimum atomic E-state index is -0.430. The highest BCUT2D eigenvalue weighted by molar-refractivity contribution is 6.30. The van der Waals surface area contributed by atoms with Crippen molar-refractivity contribution in [3.05, 3.63) is 34.9 Å². The van der Waals surface area contributed by atoms with Gasteiger partial charge in [0, 0.05) is 17.6 Å². The van der Waals surface area contributed by atoms with Crippen molar-refractivity contribution >= 4 is 11.6 Å². The third kappa shape index (κ3) is 5.26. The van der Waals surface area contributed by atoms with E-state index in [9.17, 15) is 5.11 Å². The highest BCUT2D eigenvalue weighted by atomic mass is 35.5. The maximum absolute atomic E-state index is 10.2. The molecule has 1 aliphatic rings. The van der Waals surface area contributed by atoms with Crippen LogP contribution in [0.4, 0.5) is 0 Å². The van der Waals surface area contributed by atoms with Gasteiger partial charge in [0.1, 0.15) is 0 Å². The molecule has 0 aromatic heterocycles. The van der Waals surface area contributed by atoms with E-state index in [2.05, 4.69) is 11.8 Å². The lowest BCUT2D eigenvalue weighted by Gasteiger charge is -2.34. The number of piperidine rings is 1. The van der Waals surface area contributed by atoms with Gasteiger partial charge in [0.05, 0.1) is 18.8 Å². The number of likely N-dealkylation sites (tertiary alicyclic amines) is 1. The van der Waals surface area contributed by atoms with Crippen LogP contribution < -0.4 is 0 Å². The second-order valence-electron chi connectivity index (χ2n) is 6.02. The molecule has 1 aliphatic heterocycles. The van der Waals surface area contributed by atoms with Crippen LogP contribution in [0.5, 0.6) is 0 Å². The highest BCUT2D eigenvalue weighted by Gasteiger charge is 2.21. The molecule has 118 valence electrons. The lowest BCUT2D eigenvalue weighted by Crippen LogP contribution is -2.43. The first-order chi connectivity index (χ1) is 10.1. The Kier molecular flexibility index (Phi) is 6.49. The van der Waals surface area contributed by atoms with Crippen LogP contribution >= 0.6 is 11.6 Å². The first-order valence-corrected chi connectivity index (χ1v) is 8.23. The molecule has 3 unspecified atom stereocenters. The molecule has 4 heteroatoms. The fourth-order valence-corrected chi connectivity index (χ4v) is 2.96. The number of rotatable bonds is 6. The normalized spacial score (nSPS) is 23.0. The summed E-state index contributed by atoms with van der Waals surface area (Å²) in [7, 11) is 0. The molecule has 0 bridgehead atoms. The molecule has 0 saturated carbocycles. The van der Waals surface area contributed by atoms with Gasteiger partial charge in [-0.1, -0.05) is 30.2 Å². The third-order valence-corrected chi connectivity index (χ3v) is 4.52. The molecule has 1 aromatic rings. The molecule has 1 fully saturated rings. The molecular weight excluding hydrogens is 286 g/mol. The van der Waals surface area contributed by atoms with E-state index in [4.69, 9.17) is 16.3 Å². The van der Waals surface area contributed by atoms with Crippen LogP contribution in [0.15, 0.2) is 24.3 Å². The molecule has 3 nitrogen and oxygen atoms in total. The smallest absolute Gasteiger partial charge is 0.0900 e. The molecule has 0 spiro atoms. The number of ether oxygens (including phenoxy) is 1. The van der Waals surface area contributed by atoms with Crippen molar-refractivity contribution in [2.75, 3.05) is 19.7 Å². The van der Waals surface area contributed by atoms with Crippen molar-refractivity contribution in [1.29, 1.82) is 0 Å². The lowest BCUT2D eigenvalue weighted by atomic mass is 10.0. The van der Waals surface area contributed by atoms with E-state index in [0.717, 1.165) is 17.1 Å². The first kappa shape index (κ1) is 16.8. The zero-order chi connectivity index (χ0) is 15.2. The molecule has 3 atom stereocenters. The molecule has 0 aliphatic carbocycles. The quantitative estimate of drug-likeness (QED) is 0.870. The van der Waals surface area contributed by atoms with E-state index in [1.54, 1.807) is 0 Å². The number of aliphatic hydroxyl groups is 1. The van der Waals surface area contributed by atoms with Crippen LogP contribution in [0.1, 0.15) is 44.8 Å². The predicted molar refractivity (Wildman–Crippen MR) is 86.7 cm³/mol. The largest absolute Gasteiger partial charge is 0.389 e. The molecule has 2 rings (SSSR count). The Morgan fingerprint density at radius 2 is 2.05 bits per heavy atom. The van der Waals surface area contributed by atoms with Gasteiger partial charge in [0.15, 0.2) is 0 Å². The fourth-order valence-electron chi connectivity index (χ4n) is 2.84. The van der Waals surface area contributed by atoms with Crippen molar-refractivity contribution in [2.45, 2.75) is 51.4 Å². The fraction of sp³-hybridized carbons (Fsp3) is 0.647. The third-order valence-electron chi connectivity index (χ3n) is 4.26. The minimum Gasteiger partial charge on any atom is -0.389 e. The summed E-state index contributed by atoms with van der Waals surface area (Å²) in [4.78, 5) is 2.37. The summed E-state index contributed by atoms with van der Waals surface area (Å²) in [6.45, 7) is 6.40. The Labute approximate surface area is 132 Å². The second-order valence-corrected chi connectivity index (χ2v) is 6.46. The van der Waals surface area contributed by atoms with E-state index < -0.39 is 6.10 Å². The number of hydrogen-bond donors (Lipinski definition) is 1. The summed E-state index contributed by atoms with van der Waals surface area (Å²) in [6, 6.07) is 8.23. The minimum absolute atomic E-state index is 0.0318. The van der Waals surface area contributed by atoms with E-state index in [1.807, 2.05) is 31.2 Å². The van der Waals surface area contributed by atoms with Gasteiger partial charge in [0.25, 0.3) is 0 Å². The standard InChI is InChI=1S/C17H26ClNO2/c1-13-5-3-4-10-19(13)11-17(20)12-21-14(2)15-6-8-16(18)9-7-15/h6-9,13-14,17,20H,3-5,10-12H2,1-2H3. The SMILES string of the molecule is CC(OCC(O)CN1CCCCC1C)c1ccc(Cl)cc1. The Bertz CT molecular complexity index is 423. The molecule has 0 radical (unpaired) electrons. The van der Waals surface area contributed by atoms with Crippen molar-refractivity contribution in [3.8, 4) is 0 Å². The number of hydrogen-bond acceptors (Lipinski definition) is 3. The van der Waals surface area contributed by atoms with E-state index in [1.165, 1.54) is 19.3 Å². The van der Waals surface area contributed by atoms with Crippen molar-refractivity contribution in [2.24, 2.45) is 0 Å². The van der Waals surface area contributed by atoms with Crippen molar-refractivity contribution in [3.63, 3.8) is 0 Å². The maximum atomic E-state index is 10.2. The first-order valence-electron chi connectivity index (χ1n) is 7.85. The number of β-amino-alcohol motifs (C(OH)–C–C–N with tert-alkyl or cyclic N) is 1. The van der Waals surface area contributed by atoms with E-state index in [0.29, 0.717) is 19.2 Å². The van der Waals surface area contributed by atoms with Crippen LogP contribution in [0.25, 0.3) is 0 Å². The summed E-state index contributed by atoms with van der Waals surface area (Å²) in [6.07, 6.45) is 3.31. The van der Waals surface area contributed by atoms with Crippen LogP contribution in [-0.4, -0.2) is 41.8 Å². The van der Waals surface area contributed by atoms with Gasteiger partial charge in [-0.3, -0.25) is 4.90 Å². The number of halogens is 1. The summed E-state index contributed by atoms with van der Waals surface area (Å²) < 4.78 is 5.79. The van der Waals surface area contributed by atoms with Crippen molar-refractivity contribution < 1.29 is 9.84 Å². The van der Waals surface area contributed by atoms with Crippen LogP contribution in [-0.2, 0) is 4.74 Å². The molecular formula is C17H26ClNO2. The average molecular weight is 312 g/mol. The van der Waals surface area contributed by atoms with Gasteiger partial charge < -0.3 is 9.84 Å². The second kappa shape index (κ2) is 8.14. The van der Waals surface area contributed by atoms with Crippen LogP contribution in [0.3, 0.4) is 0 Å². The zero-order valence-corrected chi connectivity index (χ0v) is 13.7. The molecule has 1 saturated heterocycles. The maximum Gasteiger partial charge on any atom is 0.0900 e. The van der Waals surface area contributed by atoms with Crippen LogP contribution in [0, 0.1) is 0 Å². The van der Waals surface area contributed by atoms with E-state index >= 15 is 0 Å². The summed E-state index contributed by atoms with van der Waals surface area (Å²) in [5.74, 6) is 0. The Hall–Kier alpha value is -0.610. The van der Waals surface area contributed by atoms with Gasteiger partial charge in [-0.05, 0) is 50.9 Å². The van der Waals surface area contributed by atoms with Gasteiger partial charge in [-0.2, -0.15) is 0 Å². The molecule has 21 heavy (non-hydrogen) atoms. The number of aliphatic hydroxyl groups excluding tert-OH is 1. The summed E-state index contributed by atoms with van der Waals surface area (Å²) in [5.41, 5.74) is 1.08. The zero-order valence-electron chi connectivity index (χ0n) is 13.0. The predicted octanol–water partition coefficient (Wildman–Crippen LogP) is 3.65.